The van der Waals surface area contributed by atoms with Crippen molar-refractivity contribution < 1.29 is 17.9 Å². The lowest BCUT2D eigenvalue weighted by molar-refractivity contribution is -0.128. The van der Waals surface area contributed by atoms with Gasteiger partial charge in [-0.1, -0.05) is 97.1 Å². The first kappa shape index (κ1) is 24.6. The van der Waals surface area contributed by atoms with E-state index in [4.69, 9.17) is 4.74 Å². The molecule has 1 aliphatic rings. The van der Waals surface area contributed by atoms with Gasteiger partial charge in [-0.3, -0.25) is 9.10 Å². The molecule has 7 heteroatoms. The number of anilines is 1. The van der Waals surface area contributed by atoms with Crippen LogP contribution in [0.4, 0.5) is 5.69 Å². The Balaban J connectivity index is 1.45. The minimum atomic E-state index is -3.78. The fourth-order valence-electron chi connectivity index (χ4n) is 4.60. The lowest BCUT2D eigenvalue weighted by atomic mass is 9.94. The summed E-state index contributed by atoms with van der Waals surface area (Å²) in [4.78, 5) is 13.6. The average Bonchev–Trinajstić information content (AvgIpc) is 2.92. The highest BCUT2D eigenvalue weighted by Crippen LogP contribution is 2.36. The molecule has 1 amide bonds. The number of rotatable bonds is 7. The van der Waals surface area contributed by atoms with E-state index in [0.29, 0.717) is 17.0 Å². The van der Waals surface area contributed by atoms with Crippen LogP contribution in [0, 0.1) is 6.92 Å². The highest BCUT2D eigenvalue weighted by atomic mass is 32.2. The van der Waals surface area contributed by atoms with Gasteiger partial charge in [0.25, 0.3) is 5.91 Å². The topological polar surface area (TPSA) is 75.7 Å². The molecule has 2 atom stereocenters. The van der Waals surface area contributed by atoms with E-state index < -0.39 is 22.2 Å². The maximum Gasteiger partial charge on any atom is 0.263 e. The monoisotopic (exact) mass is 512 g/mol. The van der Waals surface area contributed by atoms with Crippen LogP contribution in [-0.4, -0.2) is 27.0 Å². The fourth-order valence-corrected chi connectivity index (χ4v) is 6.18. The Morgan fingerprint density at radius 1 is 0.892 bits per heavy atom. The van der Waals surface area contributed by atoms with Gasteiger partial charge in [-0.15, -0.1) is 0 Å². The molecule has 0 unspecified atom stereocenters. The van der Waals surface area contributed by atoms with Crippen LogP contribution >= 0.6 is 0 Å². The molecule has 6 nitrogen and oxygen atoms in total. The van der Waals surface area contributed by atoms with Crippen LogP contribution in [-0.2, 0) is 20.6 Å². The molecule has 0 saturated carbocycles. The van der Waals surface area contributed by atoms with E-state index in [9.17, 15) is 13.2 Å². The second kappa shape index (κ2) is 10.5. The molecular formula is C30H28N2O4S. The number of carbonyl (C=O) groups is 1. The summed E-state index contributed by atoms with van der Waals surface area (Å²) in [6, 6.07) is 33.1. The van der Waals surface area contributed by atoms with Gasteiger partial charge in [0.15, 0.2) is 6.10 Å². The molecule has 1 aliphatic heterocycles. The van der Waals surface area contributed by atoms with E-state index in [1.807, 2.05) is 79.7 Å². The van der Waals surface area contributed by atoms with Crippen molar-refractivity contribution in [3.05, 3.63) is 131 Å². The highest BCUT2D eigenvalue weighted by Gasteiger charge is 2.37. The zero-order chi connectivity index (χ0) is 25.8. The van der Waals surface area contributed by atoms with Gasteiger partial charge in [0.05, 0.1) is 24.0 Å². The lowest BCUT2D eigenvalue weighted by Gasteiger charge is -2.35. The van der Waals surface area contributed by atoms with Gasteiger partial charge in [-0.25, -0.2) is 8.42 Å². The number of nitrogens with one attached hydrogen (secondary N) is 1. The zero-order valence-electron chi connectivity index (χ0n) is 20.4. The van der Waals surface area contributed by atoms with Crippen LogP contribution in [0.1, 0.15) is 28.3 Å². The maximum absolute atomic E-state index is 13.6. The van der Waals surface area contributed by atoms with Crippen molar-refractivity contribution in [3.63, 3.8) is 0 Å². The van der Waals surface area contributed by atoms with Crippen LogP contribution in [0.3, 0.4) is 0 Å². The maximum atomic E-state index is 13.6. The standard InChI is InChI=1S/C30H28N2O4S/c1-22-12-8-9-17-25(22)29(24-15-6-3-7-16-24)31-30(33)28-20-32(26-18-10-11-19-27(26)36-28)37(34,35)21-23-13-4-2-5-14-23/h2-19,28-29H,20-21H2,1H3,(H,31,33)/t28-,29+/m1/s1. The number of hydrogen-bond donors (Lipinski definition) is 1. The van der Waals surface area contributed by atoms with Crippen molar-refractivity contribution in [3.8, 4) is 5.75 Å². The molecule has 0 aromatic heterocycles. The van der Waals surface area contributed by atoms with Crippen LogP contribution in [0.5, 0.6) is 5.75 Å². The summed E-state index contributed by atoms with van der Waals surface area (Å²) >= 11 is 0. The molecule has 37 heavy (non-hydrogen) atoms. The second-order valence-electron chi connectivity index (χ2n) is 9.06. The largest absolute Gasteiger partial charge is 0.476 e. The minimum absolute atomic E-state index is 0.118. The van der Waals surface area contributed by atoms with Gasteiger partial charge >= 0.3 is 0 Å². The summed E-state index contributed by atoms with van der Waals surface area (Å²) in [6.45, 7) is 1.88. The van der Waals surface area contributed by atoms with Crippen molar-refractivity contribution in [2.24, 2.45) is 0 Å². The Morgan fingerprint density at radius 3 is 2.24 bits per heavy atom. The summed E-state index contributed by atoms with van der Waals surface area (Å²) in [5.74, 6) is -0.198. The number of nitrogens with zero attached hydrogens (tertiary/aromatic N) is 1. The van der Waals surface area contributed by atoms with Crippen molar-refractivity contribution >= 4 is 21.6 Å². The van der Waals surface area contributed by atoms with Gasteiger partial charge in [0, 0.05) is 0 Å². The highest BCUT2D eigenvalue weighted by molar-refractivity contribution is 7.92. The molecule has 0 spiro atoms. The first-order valence-corrected chi connectivity index (χ1v) is 13.7. The number of sulfonamides is 1. The Morgan fingerprint density at radius 2 is 1.51 bits per heavy atom. The summed E-state index contributed by atoms with van der Waals surface area (Å²) in [7, 11) is -3.78. The smallest absolute Gasteiger partial charge is 0.263 e. The van der Waals surface area contributed by atoms with Gasteiger partial charge in [-0.05, 0) is 41.3 Å². The van der Waals surface area contributed by atoms with Crippen molar-refractivity contribution in [2.75, 3.05) is 10.8 Å². The number of fused-ring (bicyclic) bond motifs is 1. The summed E-state index contributed by atoms with van der Waals surface area (Å²) < 4.78 is 34.4. The number of carbonyl (C=O) groups excluding carboxylic acids is 1. The Kier molecular flexibility index (Phi) is 6.97. The third kappa shape index (κ3) is 5.37. The van der Waals surface area contributed by atoms with E-state index in [2.05, 4.69) is 5.32 Å². The van der Waals surface area contributed by atoms with E-state index in [1.54, 1.807) is 36.4 Å². The molecule has 1 N–H and O–H groups in total. The molecule has 0 aliphatic carbocycles. The fraction of sp³-hybridized carbons (Fsp3) is 0.167. The van der Waals surface area contributed by atoms with E-state index >= 15 is 0 Å². The van der Waals surface area contributed by atoms with Gasteiger partial charge in [-0.2, -0.15) is 0 Å². The van der Waals surface area contributed by atoms with Crippen LogP contribution in [0.25, 0.3) is 0 Å². The number of ether oxygens (including phenoxy) is 1. The van der Waals surface area contributed by atoms with E-state index in [-0.39, 0.29) is 18.2 Å². The first-order valence-electron chi connectivity index (χ1n) is 12.1. The molecular weight excluding hydrogens is 484 g/mol. The van der Waals surface area contributed by atoms with Crippen molar-refractivity contribution in [1.82, 2.24) is 5.32 Å². The molecule has 0 radical (unpaired) electrons. The van der Waals surface area contributed by atoms with E-state index in [1.165, 1.54) is 4.31 Å². The Bertz CT molecular complexity index is 1490. The van der Waals surface area contributed by atoms with E-state index in [0.717, 1.165) is 16.7 Å². The number of amides is 1. The molecule has 0 bridgehead atoms. The van der Waals surface area contributed by atoms with Crippen molar-refractivity contribution in [1.29, 1.82) is 0 Å². The number of para-hydroxylation sites is 2. The number of aryl methyl sites for hydroxylation is 1. The normalized spacial score (nSPS) is 15.8. The van der Waals surface area contributed by atoms with Crippen LogP contribution in [0.2, 0.25) is 0 Å². The SMILES string of the molecule is Cc1ccccc1[C@@H](NC(=O)[C@H]1CN(S(=O)(=O)Cc2ccccc2)c2ccccc2O1)c1ccccc1. The van der Waals surface area contributed by atoms with Crippen LogP contribution in [0.15, 0.2) is 109 Å². The van der Waals surface area contributed by atoms with Crippen LogP contribution < -0.4 is 14.4 Å². The third-order valence-corrected chi connectivity index (χ3v) is 8.19. The Hall–Kier alpha value is -4.10. The first-order chi connectivity index (χ1) is 17.9. The molecule has 0 saturated heterocycles. The predicted molar refractivity (Wildman–Crippen MR) is 145 cm³/mol. The molecule has 1 heterocycles. The molecule has 5 rings (SSSR count). The lowest BCUT2D eigenvalue weighted by Crippen LogP contribution is -2.51. The number of hydrogen-bond acceptors (Lipinski definition) is 4. The molecule has 0 fully saturated rings. The minimum Gasteiger partial charge on any atom is -0.476 e. The third-order valence-electron chi connectivity index (χ3n) is 6.47. The van der Waals surface area contributed by atoms with Gasteiger partial charge in [0.2, 0.25) is 10.0 Å². The average molecular weight is 513 g/mol. The van der Waals surface area contributed by atoms with Gasteiger partial charge in [0.1, 0.15) is 5.75 Å². The predicted octanol–water partition coefficient (Wildman–Crippen LogP) is 5.00. The quantitative estimate of drug-likeness (QED) is 0.378. The molecule has 188 valence electrons. The van der Waals surface area contributed by atoms with Crippen molar-refractivity contribution in [2.45, 2.75) is 24.8 Å². The molecule has 4 aromatic carbocycles. The zero-order valence-corrected chi connectivity index (χ0v) is 21.3. The molecule has 4 aromatic rings. The summed E-state index contributed by atoms with van der Waals surface area (Å²) in [5, 5.41) is 3.13. The summed E-state index contributed by atoms with van der Waals surface area (Å²) in [6.07, 6.45) is -1.02. The Labute approximate surface area is 217 Å². The van der Waals surface area contributed by atoms with Gasteiger partial charge < -0.3 is 10.1 Å². The number of benzene rings is 4. The second-order valence-corrected chi connectivity index (χ2v) is 10.9. The summed E-state index contributed by atoms with van der Waals surface area (Å²) in [5.41, 5.74) is 4.04.